The van der Waals surface area contributed by atoms with Crippen molar-refractivity contribution in [2.45, 2.75) is 58.6 Å². The zero-order valence-electron chi connectivity index (χ0n) is 11.1. The second kappa shape index (κ2) is 5.50. The van der Waals surface area contributed by atoms with Gasteiger partial charge in [0.05, 0.1) is 6.10 Å². The highest BCUT2D eigenvalue weighted by molar-refractivity contribution is 4.88. The summed E-state index contributed by atoms with van der Waals surface area (Å²) in [4.78, 5) is 2.61. The van der Waals surface area contributed by atoms with Crippen LogP contribution in [0.3, 0.4) is 0 Å². The lowest BCUT2D eigenvalue weighted by Crippen LogP contribution is -2.57. The van der Waals surface area contributed by atoms with Gasteiger partial charge in [0.25, 0.3) is 0 Å². The second-order valence-electron chi connectivity index (χ2n) is 5.79. The maximum Gasteiger partial charge on any atom is 0.0828 e. The fourth-order valence-corrected chi connectivity index (χ4v) is 3.21. The van der Waals surface area contributed by atoms with Crippen molar-refractivity contribution in [2.24, 2.45) is 11.8 Å². The number of ether oxygens (including phenoxy) is 1. The molecule has 0 amide bonds. The molecule has 2 fully saturated rings. The fraction of sp³-hybridized carbons (Fsp3) is 1.00. The van der Waals surface area contributed by atoms with Crippen LogP contribution in [-0.2, 0) is 4.74 Å². The highest BCUT2D eigenvalue weighted by Crippen LogP contribution is 2.33. The number of likely N-dealkylation sites (tertiary alicyclic amines) is 1. The van der Waals surface area contributed by atoms with Crippen molar-refractivity contribution in [2.75, 3.05) is 19.7 Å². The molecule has 0 N–H and O–H groups in total. The van der Waals surface area contributed by atoms with E-state index in [2.05, 4.69) is 25.7 Å². The normalized spacial score (nSPS) is 34.7. The first-order chi connectivity index (χ1) is 7.70. The maximum absolute atomic E-state index is 5.62. The smallest absolute Gasteiger partial charge is 0.0828 e. The van der Waals surface area contributed by atoms with E-state index in [-0.39, 0.29) is 0 Å². The Labute approximate surface area is 100 Å². The zero-order valence-corrected chi connectivity index (χ0v) is 11.1. The van der Waals surface area contributed by atoms with Crippen molar-refractivity contribution < 1.29 is 4.74 Å². The van der Waals surface area contributed by atoms with E-state index in [0.717, 1.165) is 24.5 Å². The highest BCUT2D eigenvalue weighted by Gasteiger charge is 2.35. The van der Waals surface area contributed by atoms with Gasteiger partial charge in [0.1, 0.15) is 0 Å². The first-order valence-electron chi connectivity index (χ1n) is 7.06. The Balaban J connectivity index is 1.70. The molecule has 2 rings (SSSR count). The summed E-state index contributed by atoms with van der Waals surface area (Å²) in [6.07, 6.45) is 6.29. The van der Waals surface area contributed by atoms with Crippen LogP contribution in [0, 0.1) is 11.8 Å². The van der Waals surface area contributed by atoms with Gasteiger partial charge >= 0.3 is 0 Å². The molecule has 0 radical (unpaired) electrons. The van der Waals surface area contributed by atoms with Gasteiger partial charge in [-0.1, -0.05) is 19.8 Å². The average molecular weight is 225 g/mol. The lowest BCUT2D eigenvalue weighted by atomic mass is 9.78. The van der Waals surface area contributed by atoms with Gasteiger partial charge in [0.15, 0.2) is 0 Å². The van der Waals surface area contributed by atoms with Crippen molar-refractivity contribution in [3.05, 3.63) is 0 Å². The molecule has 94 valence electrons. The molecule has 16 heavy (non-hydrogen) atoms. The molecular formula is C14H27NO. The highest BCUT2D eigenvalue weighted by atomic mass is 16.5. The average Bonchev–Trinajstić information content (AvgIpc) is 2.23. The van der Waals surface area contributed by atoms with E-state index in [1.54, 1.807) is 0 Å². The van der Waals surface area contributed by atoms with Crippen molar-refractivity contribution in [3.63, 3.8) is 0 Å². The molecule has 0 aromatic heterocycles. The number of rotatable bonds is 4. The number of hydrogen-bond donors (Lipinski definition) is 0. The van der Waals surface area contributed by atoms with Crippen LogP contribution >= 0.6 is 0 Å². The summed E-state index contributed by atoms with van der Waals surface area (Å²) in [6.45, 7) is 10.1. The van der Waals surface area contributed by atoms with Gasteiger partial charge in [-0.2, -0.15) is 0 Å². The van der Waals surface area contributed by atoms with Gasteiger partial charge in [0.2, 0.25) is 0 Å². The first kappa shape index (κ1) is 12.4. The van der Waals surface area contributed by atoms with Crippen molar-refractivity contribution in [3.8, 4) is 0 Å². The fourth-order valence-electron chi connectivity index (χ4n) is 3.21. The lowest BCUT2D eigenvalue weighted by Gasteiger charge is -2.46. The Morgan fingerprint density at radius 1 is 1.19 bits per heavy atom. The van der Waals surface area contributed by atoms with E-state index in [0.29, 0.717) is 6.10 Å². The molecule has 0 aromatic rings. The van der Waals surface area contributed by atoms with E-state index < -0.39 is 0 Å². The molecule has 1 atom stereocenters. The predicted octanol–water partition coefficient (Wildman–Crippen LogP) is 2.92. The Bertz CT molecular complexity index is 205. The number of nitrogens with zero attached hydrogens (tertiary/aromatic N) is 1. The molecule has 1 saturated carbocycles. The predicted molar refractivity (Wildman–Crippen MR) is 67.6 cm³/mol. The molecule has 2 heteroatoms. The molecule has 0 bridgehead atoms. The van der Waals surface area contributed by atoms with Gasteiger partial charge in [-0.3, -0.25) is 4.90 Å². The maximum atomic E-state index is 5.62. The summed E-state index contributed by atoms with van der Waals surface area (Å²) < 4.78 is 5.62. The van der Waals surface area contributed by atoms with E-state index in [9.17, 15) is 0 Å². The lowest BCUT2D eigenvalue weighted by molar-refractivity contribution is -0.0774. The topological polar surface area (TPSA) is 12.5 Å². The van der Waals surface area contributed by atoms with Crippen LogP contribution in [0.2, 0.25) is 0 Å². The molecule has 1 saturated heterocycles. The van der Waals surface area contributed by atoms with Gasteiger partial charge in [-0.05, 0) is 38.5 Å². The molecule has 1 aliphatic carbocycles. The monoisotopic (exact) mass is 225 g/mol. The zero-order chi connectivity index (χ0) is 11.5. The van der Waals surface area contributed by atoms with Crippen molar-refractivity contribution in [1.82, 2.24) is 4.90 Å². The first-order valence-corrected chi connectivity index (χ1v) is 7.06. The van der Waals surface area contributed by atoms with Gasteiger partial charge < -0.3 is 4.74 Å². The van der Waals surface area contributed by atoms with Crippen LogP contribution in [0.15, 0.2) is 0 Å². The standard InChI is InChI=1S/C14H27NO/c1-4-16-14-9-15(10-14)12(3)13-7-5-11(2)6-8-13/h11-14H,4-10H2,1-3H3. The molecule has 0 aromatic carbocycles. The summed E-state index contributed by atoms with van der Waals surface area (Å²) in [7, 11) is 0. The Morgan fingerprint density at radius 3 is 2.38 bits per heavy atom. The quantitative estimate of drug-likeness (QED) is 0.729. The minimum atomic E-state index is 0.523. The summed E-state index contributed by atoms with van der Waals surface area (Å²) >= 11 is 0. The molecular weight excluding hydrogens is 198 g/mol. The summed E-state index contributed by atoms with van der Waals surface area (Å²) in [5.41, 5.74) is 0. The van der Waals surface area contributed by atoms with Crippen LogP contribution in [-0.4, -0.2) is 36.7 Å². The summed E-state index contributed by atoms with van der Waals surface area (Å²) in [5.74, 6) is 1.91. The van der Waals surface area contributed by atoms with Crippen molar-refractivity contribution >= 4 is 0 Å². The minimum Gasteiger partial charge on any atom is -0.376 e. The van der Waals surface area contributed by atoms with E-state index >= 15 is 0 Å². The van der Waals surface area contributed by atoms with Crippen molar-refractivity contribution in [1.29, 1.82) is 0 Å². The molecule has 1 heterocycles. The molecule has 2 aliphatic rings. The Morgan fingerprint density at radius 2 is 1.81 bits per heavy atom. The third kappa shape index (κ3) is 2.78. The number of hydrogen-bond acceptors (Lipinski definition) is 2. The van der Waals surface area contributed by atoms with E-state index in [4.69, 9.17) is 4.74 Å². The van der Waals surface area contributed by atoms with Gasteiger partial charge in [-0.15, -0.1) is 0 Å². The van der Waals surface area contributed by atoms with Crippen LogP contribution in [0.25, 0.3) is 0 Å². The SMILES string of the molecule is CCOC1CN(C(C)C2CCC(C)CC2)C1. The van der Waals surface area contributed by atoms with E-state index in [1.807, 2.05) is 0 Å². The molecule has 1 aliphatic heterocycles. The summed E-state index contributed by atoms with van der Waals surface area (Å²) in [5, 5.41) is 0. The molecule has 1 unspecified atom stereocenters. The van der Waals surface area contributed by atoms with Crippen LogP contribution in [0.1, 0.15) is 46.5 Å². The molecule has 0 spiro atoms. The van der Waals surface area contributed by atoms with Gasteiger partial charge in [-0.25, -0.2) is 0 Å². The minimum absolute atomic E-state index is 0.523. The third-order valence-electron chi connectivity index (χ3n) is 4.60. The largest absolute Gasteiger partial charge is 0.376 e. The van der Waals surface area contributed by atoms with Crippen LogP contribution in [0.4, 0.5) is 0 Å². The van der Waals surface area contributed by atoms with Crippen LogP contribution < -0.4 is 0 Å². The van der Waals surface area contributed by atoms with Gasteiger partial charge in [0, 0.05) is 25.7 Å². The Hall–Kier alpha value is -0.0800. The third-order valence-corrected chi connectivity index (χ3v) is 4.60. The Kier molecular flexibility index (Phi) is 4.26. The van der Waals surface area contributed by atoms with E-state index in [1.165, 1.54) is 38.8 Å². The summed E-state index contributed by atoms with van der Waals surface area (Å²) in [6, 6.07) is 0.782. The molecule has 2 nitrogen and oxygen atoms in total. The van der Waals surface area contributed by atoms with Crippen LogP contribution in [0.5, 0.6) is 0 Å². The second-order valence-corrected chi connectivity index (χ2v) is 5.79.